The highest BCUT2D eigenvalue weighted by Gasteiger charge is 2.17. The lowest BCUT2D eigenvalue weighted by Crippen LogP contribution is -2.26. The highest BCUT2D eigenvalue weighted by atomic mass is 16.5. The Hall–Kier alpha value is -2.56. The number of benzene rings is 1. The number of hydrogen-bond donors (Lipinski definition) is 1. The van der Waals surface area contributed by atoms with Gasteiger partial charge >= 0.3 is 0 Å². The Morgan fingerprint density at radius 1 is 1.30 bits per heavy atom. The summed E-state index contributed by atoms with van der Waals surface area (Å²) in [5.74, 6) is 0.674. The molecule has 0 aromatic heterocycles. The molecule has 1 aromatic rings. The summed E-state index contributed by atoms with van der Waals surface area (Å²) < 4.78 is 5.47. The number of hydrogen-bond acceptors (Lipinski definition) is 4. The summed E-state index contributed by atoms with van der Waals surface area (Å²) >= 11 is 0. The first-order valence-corrected chi connectivity index (χ1v) is 7.53. The van der Waals surface area contributed by atoms with Crippen LogP contribution in [0, 0.1) is 0 Å². The van der Waals surface area contributed by atoms with Gasteiger partial charge in [0.2, 0.25) is 0 Å². The average molecular weight is 314 g/mol. The summed E-state index contributed by atoms with van der Waals surface area (Å²) in [7, 11) is 1.76. The van der Waals surface area contributed by atoms with Crippen molar-refractivity contribution in [2.75, 3.05) is 19.0 Å². The van der Waals surface area contributed by atoms with Crippen molar-refractivity contribution in [3.63, 3.8) is 0 Å². The van der Waals surface area contributed by atoms with Crippen LogP contribution in [0.3, 0.4) is 0 Å². The molecule has 23 heavy (non-hydrogen) atoms. The van der Waals surface area contributed by atoms with Gasteiger partial charge in [0, 0.05) is 30.9 Å². The molecule has 1 aliphatic heterocycles. The Labute approximate surface area is 136 Å². The van der Waals surface area contributed by atoms with Gasteiger partial charge in [-0.15, -0.1) is 0 Å². The van der Waals surface area contributed by atoms with Crippen LogP contribution in [0.25, 0.3) is 0 Å². The monoisotopic (exact) mass is 314 g/mol. The third-order valence-corrected chi connectivity index (χ3v) is 3.57. The Kier molecular flexibility index (Phi) is 5.21. The van der Waals surface area contributed by atoms with Gasteiger partial charge in [-0.2, -0.15) is 0 Å². The Morgan fingerprint density at radius 2 is 2.04 bits per heavy atom. The molecule has 0 saturated carbocycles. The maximum Gasteiger partial charge on any atom is 0.272 e. The number of nitrogens with one attached hydrogen (secondary N) is 1. The first-order chi connectivity index (χ1) is 10.9. The molecule has 5 nitrogen and oxygen atoms in total. The van der Waals surface area contributed by atoms with Crippen LogP contribution < -0.4 is 10.1 Å². The minimum atomic E-state index is -0.207. The number of nitrogens with zero attached hydrogens (tertiary/aromatic N) is 1. The number of amides is 1. The Balaban J connectivity index is 2.19. The molecule has 1 aromatic carbocycles. The van der Waals surface area contributed by atoms with E-state index in [1.54, 1.807) is 25.1 Å². The number of carbonyl (C=O) groups excluding carboxylic acids is 2. The molecule has 0 unspecified atom stereocenters. The number of fused-ring (bicyclic) bond motifs is 1. The van der Waals surface area contributed by atoms with Crippen molar-refractivity contribution in [1.82, 2.24) is 4.90 Å². The normalized spacial score (nSPS) is 13.0. The summed E-state index contributed by atoms with van der Waals surface area (Å²) in [6.45, 7) is 6.12. The van der Waals surface area contributed by atoms with Gasteiger partial charge in [-0.1, -0.05) is 0 Å². The van der Waals surface area contributed by atoms with Gasteiger partial charge in [0.1, 0.15) is 17.7 Å². The van der Waals surface area contributed by atoms with Crippen molar-refractivity contribution in [1.29, 1.82) is 0 Å². The molecule has 0 fully saturated rings. The van der Waals surface area contributed by atoms with Crippen LogP contribution in [0.1, 0.15) is 26.3 Å². The highest BCUT2D eigenvalue weighted by molar-refractivity contribution is 6.04. The Bertz CT molecular complexity index is 686. The molecule has 0 spiro atoms. The lowest BCUT2D eigenvalue weighted by Gasteiger charge is -2.20. The van der Waals surface area contributed by atoms with Crippen LogP contribution in [0.15, 0.2) is 41.2 Å². The van der Waals surface area contributed by atoms with E-state index in [0.29, 0.717) is 17.9 Å². The van der Waals surface area contributed by atoms with Crippen LogP contribution in [0.5, 0.6) is 5.75 Å². The van der Waals surface area contributed by atoms with Gasteiger partial charge < -0.3 is 15.0 Å². The van der Waals surface area contributed by atoms with Crippen molar-refractivity contribution in [3.05, 3.63) is 46.8 Å². The molecule has 0 bridgehead atoms. The van der Waals surface area contributed by atoms with Crippen molar-refractivity contribution in [2.45, 2.75) is 27.2 Å². The van der Waals surface area contributed by atoms with Crippen molar-refractivity contribution >= 4 is 17.9 Å². The zero-order valence-electron chi connectivity index (χ0n) is 14.0. The second kappa shape index (κ2) is 7.13. The maximum absolute atomic E-state index is 12.6. The van der Waals surface area contributed by atoms with Gasteiger partial charge in [-0.05, 0) is 50.1 Å². The summed E-state index contributed by atoms with van der Waals surface area (Å²) in [6, 6.07) is 5.65. The van der Waals surface area contributed by atoms with Crippen LogP contribution in [0.4, 0.5) is 5.69 Å². The summed E-state index contributed by atoms with van der Waals surface area (Å²) in [5, 5.41) is 2.91. The van der Waals surface area contributed by atoms with E-state index < -0.39 is 0 Å². The van der Waals surface area contributed by atoms with E-state index in [4.69, 9.17) is 4.74 Å². The quantitative estimate of drug-likeness (QED) is 0.670. The predicted octanol–water partition coefficient (Wildman–Crippen LogP) is 2.89. The summed E-state index contributed by atoms with van der Waals surface area (Å²) in [6.07, 6.45) is 3.26. The van der Waals surface area contributed by atoms with Gasteiger partial charge in [0.25, 0.3) is 5.91 Å². The van der Waals surface area contributed by atoms with Crippen molar-refractivity contribution in [3.8, 4) is 5.75 Å². The standard InChI is InChI=1S/C18H22N2O3/c1-12(2)17(20(4)10-13(3)11-21)18(22)19-15-5-6-16-14(9-15)7-8-23-16/h5-6,9-11H,7-8H2,1-4H3,(H,19,22)/b13-10+. The largest absolute Gasteiger partial charge is 0.493 e. The van der Waals surface area contributed by atoms with Crippen LogP contribution in [-0.4, -0.2) is 30.7 Å². The minimum Gasteiger partial charge on any atom is -0.493 e. The average Bonchev–Trinajstić information content (AvgIpc) is 2.94. The van der Waals surface area contributed by atoms with Gasteiger partial charge in [-0.25, -0.2) is 0 Å². The first-order valence-electron chi connectivity index (χ1n) is 7.53. The van der Waals surface area contributed by atoms with E-state index in [1.165, 1.54) is 0 Å². The molecular formula is C18H22N2O3. The van der Waals surface area contributed by atoms with Crippen molar-refractivity contribution < 1.29 is 14.3 Å². The molecule has 1 aliphatic rings. The maximum atomic E-state index is 12.6. The van der Waals surface area contributed by atoms with Crippen molar-refractivity contribution in [2.24, 2.45) is 0 Å². The number of allylic oxidation sites excluding steroid dienone is 2. The smallest absolute Gasteiger partial charge is 0.272 e. The molecule has 1 amide bonds. The topological polar surface area (TPSA) is 58.6 Å². The fraction of sp³-hybridized carbons (Fsp3) is 0.333. The highest BCUT2D eigenvalue weighted by Crippen LogP contribution is 2.28. The second-order valence-corrected chi connectivity index (χ2v) is 5.83. The minimum absolute atomic E-state index is 0.207. The predicted molar refractivity (Wildman–Crippen MR) is 90.2 cm³/mol. The molecule has 1 N–H and O–H groups in total. The van der Waals surface area contributed by atoms with Crippen LogP contribution in [0.2, 0.25) is 0 Å². The van der Waals surface area contributed by atoms with E-state index in [0.717, 1.165) is 35.3 Å². The number of anilines is 1. The number of ether oxygens (including phenoxy) is 1. The summed E-state index contributed by atoms with van der Waals surface area (Å²) in [5.41, 5.74) is 3.77. The second-order valence-electron chi connectivity index (χ2n) is 5.83. The zero-order chi connectivity index (χ0) is 17.0. The molecule has 0 saturated heterocycles. The number of aldehydes is 1. The SMILES string of the molecule is CC(C)=C(C(=O)Nc1ccc2c(c1)CCO2)N(C)/C=C(\C)C=O. The van der Waals surface area contributed by atoms with Gasteiger partial charge in [0.15, 0.2) is 0 Å². The fourth-order valence-electron chi connectivity index (χ4n) is 2.59. The van der Waals surface area contributed by atoms with Crippen LogP contribution >= 0.6 is 0 Å². The molecule has 1 heterocycles. The number of carbonyl (C=O) groups is 2. The fourth-order valence-corrected chi connectivity index (χ4v) is 2.59. The zero-order valence-corrected chi connectivity index (χ0v) is 14.0. The molecule has 5 heteroatoms. The van der Waals surface area contributed by atoms with Gasteiger partial charge in [0.05, 0.1) is 6.61 Å². The lowest BCUT2D eigenvalue weighted by atomic mass is 10.1. The third kappa shape index (κ3) is 4.00. The molecule has 0 radical (unpaired) electrons. The van der Waals surface area contributed by atoms with E-state index in [-0.39, 0.29) is 5.91 Å². The van der Waals surface area contributed by atoms with E-state index >= 15 is 0 Å². The van der Waals surface area contributed by atoms with Crippen LogP contribution in [-0.2, 0) is 16.0 Å². The number of likely N-dealkylation sites (N-methyl/N-ethyl adjacent to an activating group) is 1. The first kappa shape index (κ1) is 16.8. The van der Waals surface area contributed by atoms with E-state index in [9.17, 15) is 9.59 Å². The number of rotatable bonds is 5. The summed E-state index contributed by atoms with van der Waals surface area (Å²) in [4.78, 5) is 25.1. The lowest BCUT2D eigenvalue weighted by molar-refractivity contribution is -0.114. The molecule has 0 aliphatic carbocycles. The Morgan fingerprint density at radius 3 is 2.70 bits per heavy atom. The third-order valence-electron chi connectivity index (χ3n) is 3.57. The molecule has 0 atom stereocenters. The molecular weight excluding hydrogens is 292 g/mol. The van der Waals surface area contributed by atoms with E-state index in [2.05, 4.69) is 5.32 Å². The molecule has 2 rings (SSSR count). The van der Waals surface area contributed by atoms with E-state index in [1.807, 2.05) is 32.0 Å². The van der Waals surface area contributed by atoms with Gasteiger partial charge in [-0.3, -0.25) is 9.59 Å². The molecule has 122 valence electrons.